The first kappa shape index (κ1) is 19.5. The third kappa shape index (κ3) is 4.27. The second-order valence-corrected chi connectivity index (χ2v) is 7.13. The van der Waals surface area contributed by atoms with Gasteiger partial charge in [0.2, 0.25) is 17.6 Å². The maximum atomic E-state index is 12.4. The van der Waals surface area contributed by atoms with Crippen LogP contribution in [0.1, 0.15) is 29.9 Å². The third-order valence-corrected chi connectivity index (χ3v) is 4.89. The summed E-state index contributed by atoms with van der Waals surface area (Å²) in [5.41, 5.74) is 4.21. The number of hydrazone groups is 1. The van der Waals surface area contributed by atoms with E-state index >= 15 is 0 Å². The number of nitrogens with zero attached hydrogens (tertiary/aromatic N) is 4. The van der Waals surface area contributed by atoms with Crippen molar-refractivity contribution in [3.05, 3.63) is 65.5 Å². The van der Waals surface area contributed by atoms with E-state index in [4.69, 9.17) is 4.52 Å². The molecule has 1 aromatic heterocycles. The van der Waals surface area contributed by atoms with Crippen LogP contribution in [0.3, 0.4) is 0 Å². The number of hydrogen-bond acceptors (Lipinski definition) is 6. The van der Waals surface area contributed by atoms with E-state index in [1.807, 2.05) is 62.4 Å². The number of anilines is 1. The molecule has 1 aliphatic heterocycles. The van der Waals surface area contributed by atoms with Gasteiger partial charge in [0.05, 0.1) is 0 Å². The monoisotopic (exact) mass is 403 g/mol. The van der Waals surface area contributed by atoms with E-state index in [0.29, 0.717) is 23.6 Å². The Hall–Kier alpha value is -3.81. The summed E-state index contributed by atoms with van der Waals surface area (Å²) >= 11 is 0. The van der Waals surface area contributed by atoms with Gasteiger partial charge in [0.15, 0.2) is 0 Å². The van der Waals surface area contributed by atoms with Crippen LogP contribution in [0.15, 0.2) is 58.2 Å². The molecule has 3 aromatic rings. The van der Waals surface area contributed by atoms with Crippen molar-refractivity contribution >= 4 is 23.2 Å². The first-order valence-electron chi connectivity index (χ1n) is 9.64. The van der Waals surface area contributed by atoms with Crippen LogP contribution in [0.25, 0.3) is 11.4 Å². The predicted molar refractivity (Wildman–Crippen MR) is 112 cm³/mol. The summed E-state index contributed by atoms with van der Waals surface area (Å²) < 4.78 is 5.34. The van der Waals surface area contributed by atoms with Crippen LogP contribution in [0, 0.1) is 13.8 Å². The fraction of sp³-hybridized carbons (Fsp3) is 0.227. The minimum Gasteiger partial charge on any atom is -0.332 e. The van der Waals surface area contributed by atoms with Crippen molar-refractivity contribution in [3.8, 4) is 11.4 Å². The van der Waals surface area contributed by atoms with E-state index < -0.39 is 0 Å². The summed E-state index contributed by atoms with van der Waals surface area (Å²) in [6, 6.07) is 15.1. The molecular formula is C22H21N5O3. The highest BCUT2D eigenvalue weighted by Crippen LogP contribution is 2.19. The molecule has 0 atom stereocenters. The van der Waals surface area contributed by atoms with Gasteiger partial charge in [0, 0.05) is 24.1 Å². The summed E-state index contributed by atoms with van der Waals surface area (Å²) in [4.78, 5) is 29.1. The Labute approximate surface area is 173 Å². The molecular weight excluding hydrogens is 382 g/mol. The minimum absolute atomic E-state index is 0.186. The van der Waals surface area contributed by atoms with E-state index in [2.05, 4.69) is 20.6 Å². The Balaban J connectivity index is 1.47. The van der Waals surface area contributed by atoms with Gasteiger partial charge in [-0.25, -0.2) is 5.01 Å². The van der Waals surface area contributed by atoms with Crippen molar-refractivity contribution in [1.29, 1.82) is 0 Å². The Morgan fingerprint density at radius 3 is 2.67 bits per heavy atom. The Kier molecular flexibility index (Phi) is 5.38. The van der Waals surface area contributed by atoms with Gasteiger partial charge in [-0.15, -0.1) is 0 Å². The maximum absolute atomic E-state index is 12.4. The molecule has 0 unspecified atom stereocenters. The molecule has 0 aliphatic carbocycles. The van der Waals surface area contributed by atoms with E-state index in [9.17, 15) is 9.59 Å². The van der Waals surface area contributed by atoms with Crippen molar-refractivity contribution in [1.82, 2.24) is 15.1 Å². The number of carbonyl (C=O) groups is 2. The molecule has 2 heterocycles. The average molecular weight is 403 g/mol. The molecule has 0 radical (unpaired) electrons. The van der Waals surface area contributed by atoms with Gasteiger partial charge in [-0.1, -0.05) is 41.6 Å². The van der Waals surface area contributed by atoms with E-state index in [1.165, 1.54) is 0 Å². The Morgan fingerprint density at radius 1 is 1.10 bits per heavy atom. The first-order chi connectivity index (χ1) is 14.5. The fourth-order valence-electron chi connectivity index (χ4n) is 3.08. The molecule has 2 amide bonds. The number of aryl methyl sites for hydroxylation is 2. The highest BCUT2D eigenvalue weighted by molar-refractivity contribution is 6.02. The van der Waals surface area contributed by atoms with E-state index in [-0.39, 0.29) is 30.7 Å². The standard InChI is InChI=1S/C22H21N5O3/c1-14-8-9-17(12-15(14)2)23-19(28)13-27-20(29)11-10-18(25-27)22-24-21(26-30-22)16-6-4-3-5-7-16/h3-9,12H,10-11,13H2,1-2H3,(H,23,28). The zero-order chi connectivity index (χ0) is 21.1. The van der Waals surface area contributed by atoms with Crippen LogP contribution in [0.2, 0.25) is 0 Å². The van der Waals surface area contributed by atoms with Crippen molar-refractivity contribution in [2.45, 2.75) is 26.7 Å². The lowest BCUT2D eigenvalue weighted by Crippen LogP contribution is -2.38. The molecule has 1 aliphatic rings. The van der Waals surface area contributed by atoms with Crippen LogP contribution >= 0.6 is 0 Å². The summed E-state index contributed by atoms with van der Waals surface area (Å²) in [5, 5.41) is 12.2. The van der Waals surface area contributed by atoms with E-state index in [1.54, 1.807) is 0 Å². The molecule has 30 heavy (non-hydrogen) atoms. The lowest BCUT2D eigenvalue weighted by Gasteiger charge is -2.21. The molecule has 0 bridgehead atoms. The number of hydrogen-bond donors (Lipinski definition) is 1. The predicted octanol–water partition coefficient (Wildman–Crippen LogP) is 3.32. The van der Waals surface area contributed by atoms with Crippen LogP contribution in [-0.2, 0) is 9.59 Å². The van der Waals surface area contributed by atoms with Gasteiger partial charge >= 0.3 is 0 Å². The number of nitrogens with one attached hydrogen (secondary N) is 1. The Bertz CT molecular complexity index is 1120. The molecule has 0 saturated carbocycles. The molecule has 2 aromatic carbocycles. The highest BCUT2D eigenvalue weighted by Gasteiger charge is 2.26. The second kappa shape index (κ2) is 8.28. The lowest BCUT2D eigenvalue weighted by molar-refractivity contribution is -0.135. The summed E-state index contributed by atoms with van der Waals surface area (Å²) in [6.45, 7) is 3.79. The topological polar surface area (TPSA) is 101 Å². The quantitative estimate of drug-likeness (QED) is 0.704. The van der Waals surface area contributed by atoms with Crippen LogP contribution < -0.4 is 5.32 Å². The second-order valence-electron chi connectivity index (χ2n) is 7.13. The molecule has 0 fully saturated rings. The van der Waals surface area contributed by atoms with Crippen LogP contribution in [0.4, 0.5) is 5.69 Å². The third-order valence-electron chi connectivity index (χ3n) is 4.89. The lowest BCUT2D eigenvalue weighted by atomic mass is 10.1. The van der Waals surface area contributed by atoms with E-state index in [0.717, 1.165) is 21.7 Å². The summed E-state index contributed by atoms with van der Waals surface area (Å²) in [6.07, 6.45) is 0.601. The minimum atomic E-state index is -0.327. The first-order valence-corrected chi connectivity index (χ1v) is 9.64. The number of aromatic nitrogens is 2. The number of amides is 2. The van der Waals surface area contributed by atoms with Gasteiger partial charge in [-0.2, -0.15) is 10.1 Å². The molecule has 8 heteroatoms. The fourth-order valence-corrected chi connectivity index (χ4v) is 3.08. The highest BCUT2D eigenvalue weighted by atomic mass is 16.5. The molecule has 4 rings (SSSR count). The van der Waals surface area contributed by atoms with Crippen molar-refractivity contribution < 1.29 is 14.1 Å². The summed E-state index contributed by atoms with van der Waals surface area (Å²) in [7, 11) is 0. The van der Waals surface area contributed by atoms with Gasteiger partial charge in [-0.3, -0.25) is 9.59 Å². The SMILES string of the molecule is Cc1ccc(NC(=O)CN2N=C(c3nc(-c4ccccc4)no3)CCC2=O)cc1C. The Morgan fingerprint density at radius 2 is 1.90 bits per heavy atom. The van der Waals surface area contributed by atoms with Crippen molar-refractivity contribution in [2.75, 3.05) is 11.9 Å². The average Bonchev–Trinajstić information content (AvgIpc) is 3.23. The van der Waals surface area contributed by atoms with Gasteiger partial charge < -0.3 is 9.84 Å². The van der Waals surface area contributed by atoms with Crippen molar-refractivity contribution in [2.24, 2.45) is 5.10 Å². The smallest absolute Gasteiger partial charge is 0.274 e. The van der Waals surface area contributed by atoms with Crippen molar-refractivity contribution in [3.63, 3.8) is 0 Å². The van der Waals surface area contributed by atoms with Gasteiger partial charge in [-0.05, 0) is 37.1 Å². The largest absolute Gasteiger partial charge is 0.332 e. The molecule has 1 N–H and O–H groups in total. The number of rotatable bonds is 5. The van der Waals surface area contributed by atoms with Crippen LogP contribution in [-0.4, -0.2) is 39.2 Å². The van der Waals surface area contributed by atoms with Crippen LogP contribution in [0.5, 0.6) is 0 Å². The molecule has 8 nitrogen and oxygen atoms in total. The normalized spacial score (nSPS) is 13.9. The zero-order valence-corrected chi connectivity index (χ0v) is 16.8. The molecule has 0 spiro atoms. The zero-order valence-electron chi connectivity index (χ0n) is 16.8. The molecule has 0 saturated heterocycles. The summed E-state index contributed by atoms with van der Waals surface area (Å²) in [5.74, 6) is 0.147. The van der Waals surface area contributed by atoms with Gasteiger partial charge in [0.25, 0.3) is 5.89 Å². The number of benzene rings is 2. The number of carbonyl (C=O) groups excluding carboxylic acids is 2. The van der Waals surface area contributed by atoms with Gasteiger partial charge in [0.1, 0.15) is 12.3 Å². The molecule has 152 valence electrons. The maximum Gasteiger partial charge on any atom is 0.274 e.